The molecule has 24 atom stereocenters. The molecule has 1 unspecified atom stereocenters. The van der Waals surface area contributed by atoms with Crippen molar-refractivity contribution in [2.75, 3.05) is 19.8 Å². The molecule has 0 bridgehead atoms. The molecule has 4 aliphatic carbocycles. The summed E-state index contributed by atoms with van der Waals surface area (Å²) in [5.41, 5.74) is -0.948. The van der Waals surface area contributed by atoms with Crippen molar-refractivity contribution in [2.45, 2.75) is 217 Å². The summed E-state index contributed by atoms with van der Waals surface area (Å²) in [6, 6.07) is 0. The van der Waals surface area contributed by atoms with Crippen LogP contribution in [0.3, 0.4) is 0 Å². The summed E-state index contributed by atoms with van der Waals surface area (Å²) in [4.78, 5) is 0. The first-order chi connectivity index (χ1) is 29.9. The van der Waals surface area contributed by atoms with Gasteiger partial charge < -0.3 is 84.6 Å². The molecule has 64 heavy (non-hydrogen) atoms. The van der Waals surface area contributed by atoms with Crippen molar-refractivity contribution >= 4 is 0 Å². The molecule has 0 amide bonds. The SMILES string of the molecule is CC(C)=CCC[C@](C)(O[C@@H]1O[C@H](CO[C@@H]2OC[C@H](O)[C@H](O)[C@H]2O)[C@@H](O)[C@H](O)[C@H]1O)[C@H]1CC[C@]2(C)[C@@H]1[C@H](O)C[C@@H]1[C@@]3(C)CC[C@H](O[C@@H]4O[C@H](CO)[C@@H](O)[C@H](O)[C@H]4O)C(C)(C)C3CC[C@]12C. The predicted molar refractivity (Wildman–Crippen MR) is 228 cm³/mol. The van der Waals surface area contributed by atoms with Crippen LogP contribution in [0.2, 0.25) is 0 Å². The third kappa shape index (κ3) is 8.60. The predicted octanol–water partition coefficient (Wildman–Crippen LogP) is 0.612. The summed E-state index contributed by atoms with van der Waals surface area (Å²) < 4.78 is 36.5. The minimum Gasteiger partial charge on any atom is -0.394 e. The second kappa shape index (κ2) is 18.8. The highest BCUT2D eigenvalue weighted by Crippen LogP contribution is 2.76. The smallest absolute Gasteiger partial charge is 0.187 e. The Bertz CT molecular complexity index is 1630. The topological polar surface area (TPSA) is 278 Å². The van der Waals surface area contributed by atoms with Crippen LogP contribution in [-0.4, -0.2) is 180 Å². The molecule has 0 spiro atoms. The molecule has 3 aliphatic heterocycles. The van der Waals surface area contributed by atoms with E-state index < -0.39 is 116 Å². The third-order valence-electron chi connectivity index (χ3n) is 18.4. The molecule has 3 heterocycles. The lowest BCUT2D eigenvalue weighted by molar-refractivity contribution is -0.346. The Labute approximate surface area is 377 Å². The molecule has 11 N–H and O–H groups in total. The Kier molecular flexibility index (Phi) is 14.9. The number of aliphatic hydroxyl groups excluding tert-OH is 11. The zero-order valence-electron chi connectivity index (χ0n) is 39.0. The number of rotatable bonds is 12. The van der Waals surface area contributed by atoms with Gasteiger partial charge in [0.15, 0.2) is 18.9 Å². The van der Waals surface area contributed by atoms with Gasteiger partial charge in [-0.3, -0.25) is 0 Å². The maximum atomic E-state index is 12.7. The van der Waals surface area contributed by atoms with E-state index in [1.165, 1.54) is 0 Å². The molecule has 7 fully saturated rings. The van der Waals surface area contributed by atoms with Gasteiger partial charge in [-0.05, 0) is 124 Å². The summed E-state index contributed by atoms with van der Waals surface area (Å²) in [6.45, 7) is 16.3. The minimum atomic E-state index is -1.68. The van der Waals surface area contributed by atoms with Gasteiger partial charge >= 0.3 is 0 Å². The number of fused-ring (bicyclic) bond motifs is 5. The van der Waals surface area contributed by atoms with E-state index >= 15 is 0 Å². The Morgan fingerprint density at radius 2 is 1.28 bits per heavy atom. The van der Waals surface area contributed by atoms with Crippen LogP contribution in [0.1, 0.15) is 113 Å². The van der Waals surface area contributed by atoms with E-state index in [4.69, 9.17) is 28.4 Å². The normalized spacial score (nSPS) is 52.5. The molecule has 0 aromatic rings. The maximum absolute atomic E-state index is 12.7. The molecule has 370 valence electrons. The highest BCUT2D eigenvalue weighted by molar-refractivity contribution is 5.20. The van der Waals surface area contributed by atoms with Gasteiger partial charge in [-0.1, -0.05) is 46.3 Å². The molecule has 7 rings (SSSR count). The number of hydrogen-bond acceptors (Lipinski definition) is 17. The Morgan fingerprint density at radius 1 is 0.672 bits per heavy atom. The summed E-state index contributed by atoms with van der Waals surface area (Å²) >= 11 is 0. The molecule has 17 heteroatoms. The van der Waals surface area contributed by atoms with Crippen LogP contribution in [0.15, 0.2) is 11.6 Å². The van der Waals surface area contributed by atoms with Gasteiger partial charge in [0.1, 0.15) is 67.1 Å². The van der Waals surface area contributed by atoms with Crippen LogP contribution < -0.4 is 0 Å². The van der Waals surface area contributed by atoms with E-state index in [0.29, 0.717) is 25.7 Å². The van der Waals surface area contributed by atoms with Crippen molar-refractivity contribution in [3.8, 4) is 0 Å². The molecule has 3 saturated heterocycles. The van der Waals surface area contributed by atoms with E-state index in [9.17, 15) is 56.2 Å². The van der Waals surface area contributed by atoms with Gasteiger partial charge in [-0.25, -0.2) is 0 Å². The van der Waals surface area contributed by atoms with Crippen LogP contribution >= 0.6 is 0 Å². The number of aliphatic hydroxyl groups is 11. The van der Waals surface area contributed by atoms with Gasteiger partial charge in [0, 0.05) is 0 Å². The van der Waals surface area contributed by atoms with Gasteiger partial charge in [0.05, 0.1) is 37.6 Å². The molecule has 0 aromatic heterocycles. The van der Waals surface area contributed by atoms with Crippen molar-refractivity contribution in [3.05, 3.63) is 11.6 Å². The Balaban J connectivity index is 1.11. The molecule has 7 aliphatic rings. The van der Waals surface area contributed by atoms with Crippen molar-refractivity contribution < 1.29 is 84.6 Å². The summed E-state index contributed by atoms with van der Waals surface area (Å²) in [7, 11) is 0. The van der Waals surface area contributed by atoms with Gasteiger partial charge in [-0.2, -0.15) is 0 Å². The van der Waals surface area contributed by atoms with E-state index in [-0.39, 0.29) is 52.6 Å². The Hall–Kier alpha value is -0.940. The fraction of sp³-hybridized carbons (Fsp3) is 0.957. The van der Waals surface area contributed by atoms with Gasteiger partial charge in [-0.15, -0.1) is 0 Å². The standard InChI is InChI=1S/C47H80O17/c1-22(2)10-9-14-47(8,64-42-39(58)36(55)34(53)27(62-42)21-60-40-37(56)32(51)25(50)20-59-40)23-11-16-46(7)31(23)24(49)18-29-44(5)15-13-30(43(3,4)28(44)12-17-45(29,46)6)63-41-38(57)35(54)33(52)26(19-48)61-41/h10,23-42,48-58H,9,11-21H2,1-8H3/t23-,24+,25-,26+,27+,28?,29+,30-,31-,32-,33+,34+,35-,36-,37+,38+,39+,40-,41-,42-,44-,45+,46+,47-/m0/s1. The second-order valence-electron chi connectivity index (χ2n) is 22.5. The van der Waals surface area contributed by atoms with Gasteiger partial charge in [0.25, 0.3) is 0 Å². The lowest BCUT2D eigenvalue weighted by Gasteiger charge is -2.71. The lowest BCUT2D eigenvalue weighted by atomic mass is 9.35. The Morgan fingerprint density at radius 3 is 1.94 bits per heavy atom. The van der Waals surface area contributed by atoms with E-state index in [1.54, 1.807) is 0 Å². The van der Waals surface area contributed by atoms with Crippen LogP contribution in [0.25, 0.3) is 0 Å². The highest BCUT2D eigenvalue weighted by atomic mass is 16.7. The first-order valence-electron chi connectivity index (χ1n) is 23.8. The average Bonchev–Trinajstić information content (AvgIpc) is 3.62. The largest absolute Gasteiger partial charge is 0.394 e. The fourth-order valence-electron chi connectivity index (χ4n) is 14.5. The van der Waals surface area contributed by atoms with Crippen molar-refractivity contribution in [1.29, 1.82) is 0 Å². The van der Waals surface area contributed by atoms with Crippen molar-refractivity contribution in [2.24, 2.45) is 45.3 Å². The molecule has 4 saturated carbocycles. The monoisotopic (exact) mass is 917 g/mol. The summed E-state index contributed by atoms with van der Waals surface area (Å²) in [5, 5.41) is 118. The molecule has 17 nitrogen and oxygen atoms in total. The lowest BCUT2D eigenvalue weighted by Crippen LogP contribution is -2.67. The first-order valence-corrected chi connectivity index (χ1v) is 23.8. The number of hydrogen-bond donors (Lipinski definition) is 11. The van der Waals surface area contributed by atoms with Crippen LogP contribution in [0.4, 0.5) is 0 Å². The van der Waals surface area contributed by atoms with E-state index in [0.717, 1.165) is 37.7 Å². The quantitative estimate of drug-likeness (QED) is 0.0946. The van der Waals surface area contributed by atoms with Crippen LogP contribution in [-0.2, 0) is 28.4 Å². The highest BCUT2D eigenvalue weighted by Gasteiger charge is 2.72. The summed E-state index contributed by atoms with van der Waals surface area (Å²) in [5.74, 6) is -0.0478. The fourth-order valence-corrected chi connectivity index (χ4v) is 14.5. The molecule has 0 radical (unpaired) electrons. The zero-order chi connectivity index (χ0) is 47.1. The molecular formula is C47H80O17. The average molecular weight is 917 g/mol. The first kappa shape index (κ1) is 50.9. The van der Waals surface area contributed by atoms with Gasteiger partial charge in [0.2, 0.25) is 0 Å². The minimum absolute atomic E-state index is 0.149. The van der Waals surface area contributed by atoms with Crippen LogP contribution in [0, 0.1) is 45.3 Å². The molecular weight excluding hydrogens is 836 g/mol. The zero-order valence-corrected chi connectivity index (χ0v) is 39.0. The van der Waals surface area contributed by atoms with E-state index in [1.807, 2.05) is 20.8 Å². The molecule has 0 aromatic carbocycles. The maximum Gasteiger partial charge on any atom is 0.187 e. The number of ether oxygens (including phenoxy) is 6. The van der Waals surface area contributed by atoms with Crippen molar-refractivity contribution in [3.63, 3.8) is 0 Å². The third-order valence-corrected chi connectivity index (χ3v) is 18.4. The van der Waals surface area contributed by atoms with Crippen molar-refractivity contribution in [1.82, 2.24) is 0 Å². The summed E-state index contributed by atoms with van der Waals surface area (Å²) in [6.07, 6.45) is -12.4. The number of allylic oxidation sites excluding steroid dienone is 2. The van der Waals surface area contributed by atoms with E-state index in [2.05, 4.69) is 40.7 Å². The second-order valence-corrected chi connectivity index (χ2v) is 22.5. The van der Waals surface area contributed by atoms with Crippen LogP contribution in [0.5, 0.6) is 0 Å².